The minimum absolute atomic E-state index is 0.194. The predicted molar refractivity (Wildman–Crippen MR) is 80.1 cm³/mol. The normalized spacial score (nSPS) is 11.3. The molecule has 1 aromatic carbocycles. The first-order valence-electron chi connectivity index (χ1n) is 4.94. The fourth-order valence-electron chi connectivity index (χ4n) is 1.37. The molecule has 2 aromatic rings. The third-order valence-corrected chi connectivity index (χ3v) is 3.64. The van der Waals surface area contributed by atoms with Crippen molar-refractivity contribution in [2.75, 3.05) is 5.43 Å². The Kier molecular flexibility index (Phi) is 3.82. The summed E-state index contributed by atoms with van der Waals surface area (Å²) in [6, 6.07) is 3.55. The Labute approximate surface area is 124 Å². The number of aromatic amines is 1. The standard InChI is InChI=1S/C10H7Br2N7/c11-4-1-5-9(17-3-16-5)7(12)8(4)19-18-6(2-13)10(14)15/h1,3,19H,(H3,14,15)(H,16,17)/b18-6+. The van der Waals surface area contributed by atoms with Crippen LogP contribution in [0.1, 0.15) is 0 Å². The Morgan fingerprint density at radius 1 is 1.58 bits per heavy atom. The van der Waals surface area contributed by atoms with Crippen LogP contribution >= 0.6 is 31.9 Å². The van der Waals surface area contributed by atoms with E-state index in [9.17, 15) is 0 Å². The molecule has 0 aliphatic rings. The van der Waals surface area contributed by atoms with Gasteiger partial charge in [0, 0.05) is 4.47 Å². The van der Waals surface area contributed by atoms with E-state index in [-0.39, 0.29) is 5.71 Å². The molecule has 96 valence electrons. The van der Waals surface area contributed by atoms with Gasteiger partial charge in [0.15, 0.2) is 5.84 Å². The topological polar surface area (TPSA) is 127 Å². The van der Waals surface area contributed by atoms with E-state index in [2.05, 4.69) is 52.4 Å². The highest BCUT2D eigenvalue weighted by Crippen LogP contribution is 2.36. The second-order valence-corrected chi connectivity index (χ2v) is 5.09. The van der Waals surface area contributed by atoms with Gasteiger partial charge in [0.1, 0.15) is 11.6 Å². The molecule has 0 amide bonds. The van der Waals surface area contributed by atoms with E-state index in [0.717, 1.165) is 15.5 Å². The number of benzene rings is 1. The number of halogens is 2. The summed E-state index contributed by atoms with van der Waals surface area (Å²) in [4.78, 5) is 7.14. The average molecular weight is 385 g/mol. The Balaban J connectivity index is 2.46. The van der Waals surface area contributed by atoms with Gasteiger partial charge < -0.3 is 10.7 Å². The Bertz CT molecular complexity index is 725. The van der Waals surface area contributed by atoms with Crippen LogP contribution in [0.2, 0.25) is 0 Å². The van der Waals surface area contributed by atoms with Crippen LogP contribution in [-0.4, -0.2) is 21.5 Å². The molecule has 0 atom stereocenters. The van der Waals surface area contributed by atoms with E-state index < -0.39 is 5.84 Å². The Morgan fingerprint density at radius 2 is 2.32 bits per heavy atom. The molecule has 0 aliphatic carbocycles. The summed E-state index contributed by atoms with van der Waals surface area (Å²) in [6.07, 6.45) is 1.57. The number of hydrogen-bond donors (Lipinski definition) is 4. The van der Waals surface area contributed by atoms with E-state index in [1.54, 1.807) is 12.4 Å². The number of imidazole rings is 1. The van der Waals surface area contributed by atoms with Gasteiger partial charge in [-0.3, -0.25) is 10.8 Å². The lowest BCUT2D eigenvalue weighted by atomic mass is 10.3. The summed E-state index contributed by atoms with van der Waals surface area (Å²) in [7, 11) is 0. The SMILES string of the molecule is N#C/C(=N\Nc1c(Br)cc2[nH]cnc2c1Br)C(=N)N. The van der Waals surface area contributed by atoms with Crippen molar-refractivity contribution in [2.45, 2.75) is 0 Å². The molecule has 19 heavy (non-hydrogen) atoms. The van der Waals surface area contributed by atoms with Crippen LogP contribution in [0.5, 0.6) is 0 Å². The van der Waals surface area contributed by atoms with Crippen molar-refractivity contribution in [3.8, 4) is 6.07 Å². The zero-order chi connectivity index (χ0) is 14.0. The summed E-state index contributed by atoms with van der Waals surface area (Å²) < 4.78 is 1.41. The van der Waals surface area contributed by atoms with Gasteiger partial charge in [0.25, 0.3) is 0 Å². The molecule has 2 rings (SSSR count). The first-order chi connectivity index (χ1) is 9.04. The zero-order valence-corrected chi connectivity index (χ0v) is 12.5. The van der Waals surface area contributed by atoms with Crippen molar-refractivity contribution in [3.05, 3.63) is 21.3 Å². The number of nitriles is 1. The number of nitrogens with two attached hydrogens (primary N) is 1. The number of nitrogens with zero attached hydrogens (tertiary/aromatic N) is 3. The largest absolute Gasteiger partial charge is 0.382 e. The molecule has 0 radical (unpaired) electrons. The molecule has 0 aliphatic heterocycles. The molecule has 0 spiro atoms. The van der Waals surface area contributed by atoms with Gasteiger partial charge in [-0.25, -0.2) is 4.98 Å². The Hall–Kier alpha value is -1.92. The third-order valence-electron chi connectivity index (χ3n) is 2.25. The molecule has 0 fully saturated rings. The molecule has 0 saturated carbocycles. The highest BCUT2D eigenvalue weighted by Gasteiger charge is 2.12. The van der Waals surface area contributed by atoms with Crippen LogP contribution in [0.3, 0.4) is 0 Å². The monoisotopic (exact) mass is 383 g/mol. The summed E-state index contributed by atoms with van der Waals surface area (Å²) in [5, 5.41) is 19.7. The summed E-state index contributed by atoms with van der Waals surface area (Å²) in [5.74, 6) is -0.400. The van der Waals surface area contributed by atoms with Gasteiger partial charge in [-0.1, -0.05) is 0 Å². The number of nitrogens with one attached hydrogen (secondary N) is 3. The smallest absolute Gasteiger partial charge is 0.201 e. The van der Waals surface area contributed by atoms with Crippen molar-refractivity contribution >= 4 is 60.1 Å². The number of fused-ring (bicyclic) bond motifs is 1. The zero-order valence-electron chi connectivity index (χ0n) is 9.33. The molecule has 0 unspecified atom stereocenters. The molecular weight excluding hydrogens is 378 g/mol. The lowest BCUT2D eigenvalue weighted by molar-refractivity contribution is 1.32. The van der Waals surface area contributed by atoms with Crippen molar-refractivity contribution < 1.29 is 0 Å². The lowest BCUT2D eigenvalue weighted by Gasteiger charge is -2.07. The van der Waals surface area contributed by atoms with Crippen molar-refractivity contribution in [1.29, 1.82) is 10.7 Å². The van der Waals surface area contributed by atoms with E-state index in [0.29, 0.717) is 10.2 Å². The van der Waals surface area contributed by atoms with E-state index in [1.807, 2.05) is 6.07 Å². The minimum atomic E-state index is -0.400. The van der Waals surface area contributed by atoms with Crippen LogP contribution in [0.4, 0.5) is 5.69 Å². The maximum Gasteiger partial charge on any atom is 0.201 e. The number of aromatic nitrogens is 2. The number of amidine groups is 1. The molecule has 7 nitrogen and oxygen atoms in total. The molecule has 9 heteroatoms. The molecular formula is C10H7Br2N7. The van der Waals surface area contributed by atoms with Gasteiger partial charge in [-0.2, -0.15) is 10.4 Å². The number of anilines is 1. The second kappa shape index (κ2) is 5.38. The first kappa shape index (κ1) is 13.5. The van der Waals surface area contributed by atoms with Crippen molar-refractivity contribution in [3.63, 3.8) is 0 Å². The lowest BCUT2D eigenvalue weighted by Crippen LogP contribution is -2.21. The van der Waals surface area contributed by atoms with Gasteiger partial charge >= 0.3 is 0 Å². The van der Waals surface area contributed by atoms with E-state index >= 15 is 0 Å². The number of hydrazone groups is 1. The van der Waals surface area contributed by atoms with Crippen LogP contribution in [0, 0.1) is 16.7 Å². The highest BCUT2D eigenvalue weighted by atomic mass is 79.9. The fourth-order valence-corrected chi connectivity index (χ4v) is 2.77. The van der Waals surface area contributed by atoms with Crippen molar-refractivity contribution in [1.82, 2.24) is 9.97 Å². The van der Waals surface area contributed by atoms with Crippen LogP contribution < -0.4 is 11.2 Å². The summed E-state index contributed by atoms with van der Waals surface area (Å²) >= 11 is 6.79. The highest BCUT2D eigenvalue weighted by molar-refractivity contribution is 9.11. The van der Waals surface area contributed by atoms with Crippen molar-refractivity contribution in [2.24, 2.45) is 10.8 Å². The van der Waals surface area contributed by atoms with Gasteiger partial charge in [-0.15, -0.1) is 0 Å². The maximum absolute atomic E-state index is 8.77. The second-order valence-electron chi connectivity index (χ2n) is 3.44. The average Bonchev–Trinajstić information content (AvgIpc) is 2.81. The van der Waals surface area contributed by atoms with Crippen LogP contribution in [0.25, 0.3) is 11.0 Å². The van der Waals surface area contributed by atoms with Gasteiger partial charge in [-0.05, 0) is 37.9 Å². The number of hydrogen-bond acceptors (Lipinski definition) is 5. The van der Waals surface area contributed by atoms with Crippen LogP contribution in [0.15, 0.2) is 26.4 Å². The van der Waals surface area contributed by atoms with Gasteiger partial charge in [0.05, 0.1) is 22.0 Å². The van der Waals surface area contributed by atoms with E-state index in [4.69, 9.17) is 16.4 Å². The molecule has 5 N–H and O–H groups in total. The predicted octanol–water partition coefficient (Wildman–Crippen LogP) is 2.32. The maximum atomic E-state index is 8.77. The fraction of sp³-hybridized carbons (Fsp3) is 0. The third kappa shape index (κ3) is 2.59. The molecule has 0 saturated heterocycles. The molecule has 1 heterocycles. The molecule has 0 bridgehead atoms. The summed E-state index contributed by atoms with van der Waals surface area (Å²) in [6.45, 7) is 0. The van der Waals surface area contributed by atoms with Crippen LogP contribution in [-0.2, 0) is 0 Å². The minimum Gasteiger partial charge on any atom is -0.382 e. The van der Waals surface area contributed by atoms with Gasteiger partial charge in [0.2, 0.25) is 5.71 Å². The first-order valence-corrected chi connectivity index (χ1v) is 6.52. The summed E-state index contributed by atoms with van der Waals surface area (Å²) in [5.41, 5.74) is 9.87. The molecule has 1 aromatic heterocycles. The number of H-pyrrole nitrogens is 1. The number of rotatable bonds is 3. The Morgan fingerprint density at radius 3 is 2.95 bits per heavy atom. The van der Waals surface area contributed by atoms with E-state index in [1.165, 1.54) is 0 Å². The quantitative estimate of drug-likeness (QED) is 0.367.